The number of anilines is 2. The van der Waals surface area contributed by atoms with Crippen molar-refractivity contribution >= 4 is 34.6 Å². The number of carbonyl (C=O) groups is 2. The summed E-state index contributed by atoms with van der Waals surface area (Å²) in [5.74, 6) is 1.83. The first kappa shape index (κ1) is 29.3. The molecule has 0 aliphatic heterocycles. The number of aromatic amines is 1. The number of rotatable bonds is 9. The number of H-pyrrole nitrogens is 1. The number of hydrogen-bond donors (Lipinski definition) is 3. The minimum absolute atomic E-state index is 0.287. The molecule has 0 aliphatic rings. The van der Waals surface area contributed by atoms with Crippen LogP contribution in [0.4, 0.5) is 11.4 Å². The van der Waals surface area contributed by atoms with Gasteiger partial charge in [-0.15, -0.1) is 0 Å². The molecular weight excluding hydrogens is 540 g/mol. The van der Waals surface area contributed by atoms with E-state index in [1.165, 1.54) is 40.6 Å². The standard InChI is InChI=1S/C22H21N5O3.C8H9NO3/c1-23-16-8-9-17-18(12-16)26-21(25-17)13-4-6-15(7-5-13)24-22(28)14-10-19(29-2)27-20(11-14)30-3;1-11-7-3-6(5-10)4-8(9-7)12-2/h4-12,23H,1-3H3,(H,24,28)(H,25,26);3-5H,1-2H3. The van der Waals surface area contributed by atoms with Gasteiger partial charge < -0.3 is 34.6 Å². The molecule has 12 nitrogen and oxygen atoms in total. The van der Waals surface area contributed by atoms with E-state index in [9.17, 15) is 9.59 Å². The van der Waals surface area contributed by atoms with Gasteiger partial charge in [0, 0.05) is 53.8 Å². The molecule has 216 valence electrons. The highest BCUT2D eigenvalue weighted by molar-refractivity contribution is 6.04. The van der Waals surface area contributed by atoms with Crippen LogP contribution in [-0.4, -0.2) is 67.6 Å². The summed E-state index contributed by atoms with van der Waals surface area (Å²) in [4.78, 5) is 39.0. The predicted octanol–water partition coefficient (Wildman–Crippen LogP) is 4.85. The van der Waals surface area contributed by atoms with E-state index in [4.69, 9.17) is 18.9 Å². The van der Waals surface area contributed by atoms with E-state index < -0.39 is 0 Å². The van der Waals surface area contributed by atoms with Crippen molar-refractivity contribution in [3.05, 3.63) is 77.9 Å². The topological polar surface area (TPSA) is 150 Å². The number of amides is 1. The zero-order valence-electron chi connectivity index (χ0n) is 23.7. The van der Waals surface area contributed by atoms with Gasteiger partial charge in [0.25, 0.3) is 5.91 Å². The van der Waals surface area contributed by atoms with Crippen LogP contribution in [0.5, 0.6) is 23.5 Å². The molecule has 0 aliphatic carbocycles. The molecule has 0 atom stereocenters. The van der Waals surface area contributed by atoms with Crippen molar-refractivity contribution in [2.75, 3.05) is 46.1 Å². The fraction of sp³-hybridized carbons (Fsp3) is 0.167. The fourth-order valence-corrected chi connectivity index (χ4v) is 3.81. The quantitative estimate of drug-likeness (QED) is 0.210. The molecular formula is C30H30N6O6. The fourth-order valence-electron chi connectivity index (χ4n) is 3.81. The zero-order chi connectivity index (χ0) is 30.1. The predicted molar refractivity (Wildman–Crippen MR) is 159 cm³/mol. The number of ether oxygens (including phenoxy) is 4. The van der Waals surface area contributed by atoms with Crippen LogP contribution in [0, 0.1) is 0 Å². The lowest BCUT2D eigenvalue weighted by atomic mass is 10.2. The summed E-state index contributed by atoms with van der Waals surface area (Å²) in [7, 11) is 7.82. The highest BCUT2D eigenvalue weighted by atomic mass is 16.5. The van der Waals surface area contributed by atoms with Crippen molar-refractivity contribution in [3.63, 3.8) is 0 Å². The number of nitrogens with zero attached hydrogens (tertiary/aromatic N) is 3. The molecule has 5 aromatic rings. The first-order chi connectivity index (χ1) is 20.4. The Balaban J connectivity index is 0.000000283. The van der Waals surface area contributed by atoms with Gasteiger partial charge in [-0.2, -0.15) is 9.97 Å². The number of carbonyl (C=O) groups excluding carboxylic acids is 2. The van der Waals surface area contributed by atoms with Gasteiger partial charge in [0.05, 0.1) is 45.0 Å². The molecule has 2 aromatic carbocycles. The van der Waals surface area contributed by atoms with Crippen molar-refractivity contribution in [3.8, 4) is 34.9 Å². The molecule has 0 saturated carbocycles. The van der Waals surface area contributed by atoms with Gasteiger partial charge in [0.2, 0.25) is 23.5 Å². The number of nitrogens with one attached hydrogen (secondary N) is 3. The second-order valence-electron chi connectivity index (χ2n) is 8.64. The smallest absolute Gasteiger partial charge is 0.256 e. The SMILES string of the molecule is CNc1ccc2nc(-c3ccc(NC(=O)c4cc(OC)nc(OC)c4)cc3)[nH]c2c1.COc1cc(C=O)cc(OC)n1. The summed E-state index contributed by atoms with van der Waals surface area (Å²) in [6.45, 7) is 0. The third-order valence-electron chi connectivity index (χ3n) is 6.00. The third kappa shape index (κ3) is 7.10. The van der Waals surface area contributed by atoms with E-state index in [2.05, 4.69) is 30.6 Å². The van der Waals surface area contributed by atoms with Crippen molar-refractivity contribution in [1.29, 1.82) is 0 Å². The summed E-state index contributed by atoms with van der Waals surface area (Å²) in [6, 6.07) is 19.6. The maximum absolute atomic E-state index is 12.6. The molecule has 5 rings (SSSR count). The van der Waals surface area contributed by atoms with Crippen molar-refractivity contribution in [1.82, 2.24) is 19.9 Å². The van der Waals surface area contributed by atoms with Crippen LogP contribution in [0.1, 0.15) is 20.7 Å². The first-order valence-corrected chi connectivity index (χ1v) is 12.6. The Kier molecular flexibility index (Phi) is 9.51. The monoisotopic (exact) mass is 570 g/mol. The zero-order valence-corrected chi connectivity index (χ0v) is 23.7. The molecule has 0 unspecified atom stereocenters. The largest absolute Gasteiger partial charge is 0.481 e. The summed E-state index contributed by atoms with van der Waals surface area (Å²) < 4.78 is 19.9. The maximum Gasteiger partial charge on any atom is 0.256 e. The normalized spacial score (nSPS) is 10.2. The van der Waals surface area contributed by atoms with Gasteiger partial charge in [0.15, 0.2) is 0 Å². The first-order valence-electron chi connectivity index (χ1n) is 12.6. The Bertz CT molecular complexity index is 1640. The Labute approximate surface area is 242 Å². The van der Waals surface area contributed by atoms with E-state index >= 15 is 0 Å². The van der Waals surface area contributed by atoms with Crippen LogP contribution in [0.15, 0.2) is 66.7 Å². The number of fused-ring (bicyclic) bond motifs is 1. The molecule has 3 N–H and O–H groups in total. The molecule has 1 amide bonds. The molecule has 3 aromatic heterocycles. The average Bonchev–Trinajstić information content (AvgIpc) is 3.48. The third-order valence-corrected chi connectivity index (χ3v) is 6.00. The number of benzene rings is 2. The number of aldehydes is 1. The molecule has 42 heavy (non-hydrogen) atoms. The Hall–Kier alpha value is -5.65. The van der Waals surface area contributed by atoms with Crippen molar-refractivity contribution in [2.24, 2.45) is 0 Å². The Morgan fingerprint density at radius 3 is 1.81 bits per heavy atom. The van der Waals surface area contributed by atoms with Crippen LogP contribution >= 0.6 is 0 Å². The lowest BCUT2D eigenvalue weighted by molar-refractivity contribution is 0.102. The van der Waals surface area contributed by atoms with Crippen LogP contribution in [0.2, 0.25) is 0 Å². The van der Waals surface area contributed by atoms with Gasteiger partial charge in [-0.05, 0) is 42.5 Å². The number of pyridine rings is 2. The van der Waals surface area contributed by atoms with Gasteiger partial charge in [0.1, 0.15) is 12.1 Å². The van der Waals surface area contributed by atoms with Crippen LogP contribution < -0.4 is 29.6 Å². The lowest BCUT2D eigenvalue weighted by Crippen LogP contribution is -2.12. The van der Waals surface area contributed by atoms with Crippen LogP contribution in [-0.2, 0) is 0 Å². The Morgan fingerprint density at radius 1 is 0.738 bits per heavy atom. The highest BCUT2D eigenvalue weighted by Crippen LogP contribution is 2.25. The number of methoxy groups -OCH3 is 4. The molecule has 0 fully saturated rings. The minimum atomic E-state index is -0.287. The minimum Gasteiger partial charge on any atom is -0.481 e. The van der Waals surface area contributed by atoms with Gasteiger partial charge in [-0.1, -0.05) is 0 Å². The molecule has 0 saturated heterocycles. The summed E-state index contributed by atoms with van der Waals surface area (Å²) in [6.07, 6.45) is 0.715. The molecule has 12 heteroatoms. The van der Waals surface area contributed by atoms with Gasteiger partial charge in [-0.3, -0.25) is 9.59 Å². The summed E-state index contributed by atoms with van der Waals surface area (Å²) in [5, 5.41) is 5.98. The van der Waals surface area contributed by atoms with Crippen LogP contribution in [0.3, 0.4) is 0 Å². The highest BCUT2D eigenvalue weighted by Gasteiger charge is 2.12. The van der Waals surface area contributed by atoms with Gasteiger partial charge in [-0.25, -0.2) is 4.98 Å². The Morgan fingerprint density at radius 2 is 1.29 bits per heavy atom. The van der Waals surface area contributed by atoms with Crippen LogP contribution in [0.25, 0.3) is 22.4 Å². The van der Waals surface area contributed by atoms with Gasteiger partial charge >= 0.3 is 0 Å². The van der Waals surface area contributed by atoms with E-state index in [1.807, 2.05) is 49.5 Å². The lowest BCUT2D eigenvalue weighted by Gasteiger charge is -2.09. The van der Waals surface area contributed by atoms with E-state index in [1.54, 1.807) is 12.1 Å². The van der Waals surface area contributed by atoms with E-state index in [-0.39, 0.29) is 5.91 Å². The second-order valence-corrected chi connectivity index (χ2v) is 8.64. The molecule has 0 bridgehead atoms. The number of aromatic nitrogens is 4. The molecule has 0 spiro atoms. The molecule has 3 heterocycles. The van der Waals surface area contributed by atoms with Crippen molar-refractivity contribution in [2.45, 2.75) is 0 Å². The molecule has 0 radical (unpaired) electrons. The summed E-state index contributed by atoms with van der Waals surface area (Å²) in [5.41, 5.74) is 5.31. The summed E-state index contributed by atoms with van der Waals surface area (Å²) >= 11 is 0. The maximum atomic E-state index is 12.6. The average molecular weight is 571 g/mol. The van der Waals surface area contributed by atoms with E-state index in [0.29, 0.717) is 46.6 Å². The van der Waals surface area contributed by atoms with E-state index in [0.717, 1.165) is 28.1 Å². The number of hydrogen-bond acceptors (Lipinski definition) is 10. The van der Waals surface area contributed by atoms with Crippen molar-refractivity contribution < 1.29 is 28.5 Å². The second kappa shape index (κ2) is 13.6. The number of imidazole rings is 1.